The van der Waals surface area contributed by atoms with E-state index in [9.17, 15) is 0 Å². The van der Waals surface area contributed by atoms with Crippen LogP contribution in [0.25, 0.3) is 11.0 Å². The smallest absolute Gasteiger partial charge is 0.137 e. The minimum absolute atomic E-state index is 0.684. The van der Waals surface area contributed by atoms with Crippen LogP contribution in [0, 0.1) is 0 Å². The molecule has 0 unspecified atom stereocenters. The molecule has 0 N–H and O–H groups in total. The van der Waals surface area contributed by atoms with E-state index >= 15 is 0 Å². The van der Waals surface area contributed by atoms with E-state index in [2.05, 4.69) is 22.4 Å². The fourth-order valence-corrected chi connectivity index (χ4v) is 2.65. The predicted octanol–water partition coefficient (Wildman–Crippen LogP) is 4.25. The van der Waals surface area contributed by atoms with Gasteiger partial charge in [0.2, 0.25) is 0 Å². The van der Waals surface area contributed by atoms with Crippen LogP contribution in [0.2, 0.25) is 0 Å². The average molecular weight is 312 g/mol. The van der Waals surface area contributed by atoms with Crippen molar-refractivity contribution < 1.29 is 0 Å². The van der Waals surface area contributed by atoms with Crippen LogP contribution < -0.4 is 0 Å². The molecule has 0 radical (unpaired) electrons. The molecule has 4 aromatic rings. The van der Waals surface area contributed by atoms with Gasteiger partial charge < -0.3 is 0 Å². The highest BCUT2D eigenvalue weighted by atomic mass is 15.4. The van der Waals surface area contributed by atoms with Crippen LogP contribution in [-0.4, -0.2) is 20.8 Å². The average Bonchev–Trinajstić information content (AvgIpc) is 3.07. The van der Waals surface area contributed by atoms with Gasteiger partial charge in [-0.25, -0.2) is 4.99 Å². The highest BCUT2D eigenvalue weighted by molar-refractivity contribution is 5.94. The first kappa shape index (κ1) is 14.3. The van der Waals surface area contributed by atoms with Gasteiger partial charge in [-0.15, -0.1) is 5.10 Å². The van der Waals surface area contributed by atoms with E-state index in [1.165, 1.54) is 5.56 Å². The molecule has 4 heteroatoms. The maximum atomic E-state index is 4.82. The Balaban J connectivity index is 1.82. The molecule has 116 valence electrons. The molecular weight excluding hydrogens is 296 g/mol. The second kappa shape index (κ2) is 6.46. The molecule has 0 aliphatic rings. The van der Waals surface area contributed by atoms with E-state index in [4.69, 9.17) is 4.99 Å². The summed E-state index contributed by atoms with van der Waals surface area (Å²) in [4.78, 5) is 4.82. The number of aromatic nitrogens is 3. The van der Waals surface area contributed by atoms with Gasteiger partial charge in [0.15, 0.2) is 0 Å². The largest absolute Gasteiger partial charge is 0.233 e. The van der Waals surface area contributed by atoms with Gasteiger partial charge in [0.05, 0.1) is 11.2 Å². The molecule has 0 spiro atoms. The molecule has 1 aromatic heterocycles. The third-order valence-corrected chi connectivity index (χ3v) is 3.82. The lowest BCUT2D eigenvalue weighted by molar-refractivity contribution is 0.847. The van der Waals surface area contributed by atoms with E-state index in [0.717, 1.165) is 22.6 Å². The summed E-state index contributed by atoms with van der Waals surface area (Å²) in [6.45, 7) is 0. The molecule has 4 nitrogen and oxygen atoms in total. The molecule has 0 saturated heterocycles. The van der Waals surface area contributed by atoms with E-state index in [0.29, 0.717) is 6.42 Å². The SMILES string of the molecule is c1ccc(CC(=Nc2ccccc2)n2nnc3ccccc32)cc1. The molecule has 1 heterocycles. The number of para-hydroxylation sites is 2. The van der Waals surface area contributed by atoms with Gasteiger partial charge >= 0.3 is 0 Å². The molecule has 0 fully saturated rings. The molecule has 4 rings (SSSR count). The monoisotopic (exact) mass is 312 g/mol. The number of nitrogens with zero attached hydrogens (tertiary/aromatic N) is 4. The standard InChI is InChI=1S/C20H16N4/c1-3-9-16(10-4-1)15-20(21-17-11-5-2-6-12-17)24-19-14-8-7-13-18(19)22-23-24/h1-14H,15H2. The maximum Gasteiger partial charge on any atom is 0.137 e. The van der Waals surface area contributed by atoms with Gasteiger partial charge in [0, 0.05) is 6.42 Å². The van der Waals surface area contributed by atoms with Crippen LogP contribution in [0.5, 0.6) is 0 Å². The quantitative estimate of drug-likeness (QED) is 0.419. The van der Waals surface area contributed by atoms with Crippen molar-refractivity contribution in [3.63, 3.8) is 0 Å². The summed E-state index contributed by atoms with van der Waals surface area (Å²) in [7, 11) is 0. The number of rotatable bonds is 3. The Kier molecular flexibility index (Phi) is 3.86. The number of hydrogen-bond donors (Lipinski definition) is 0. The molecule has 0 amide bonds. The van der Waals surface area contributed by atoms with Crippen molar-refractivity contribution in [3.05, 3.63) is 90.5 Å². The molecular formula is C20H16N4. The molecule has 0 saturated carbocycles. The van der Waals surface area contributed by atoms with Crippen molar-refractivity contribution in [2.24, 2.45) is 4.99 Å². The van der Waals surface area contributed by atoms with Crippen molar-refractivity contribution in [2.75, 3.05) is 0 Å². The van der Waals surface area contributed by atoms with Crippen LogP contribution >= 0.6 is 0 Å². The summed E-state index contributed by atoms with van der Waals surface area (Å²) in [5.41, 5.74) is 3.92. The number of hydrogen-bond acceptors (Lipinski definition) is 3. The Labute approximate surface area is 140 Å². The lowest BCUT2D eigenvalue weighted by atomic mass is 10.1. The Morgan fingerprint density at radius 3 is 2.25 bits per heavy atom. The summed E-state index contributed by atoms with van der Waals surface area (Å²) in [6, 6.07) is 28.1. The summed E-state index contributed by atoms with van der Waals surface area (Å²) in [5, 5.41) is 8.58. The summed E-state index contributed by atoms with van der Waals surface area (Å²) in [6.07, 6.45) is 0.684. The highest BCUT2D eigenvalue weighted by Crippen LogP contribution is 2.16. The zero-order chi connectivity index (χ0) is 16.2. The fourth-order valence-electron chi connectivity index (χ4n) is 2.65. The molecule has 0 aliphatic heterocycles. The first-order valence-electron chi connectivity index (χ1n) is 7.87. The predicted molar refractivity (Wildman–Crippen MR) is 96.6 cm³/mol. The summed E-state index contributed by atoms with van der Waals surface area (Å²) in [5.74, 6) is 0.848. The van der Waals surface area contributed by atoms with Gasteiger partial charge in [-0.1, -0.05) is 65.9 Å². The third-order valence-electron chi connectivity index (χ3n) is 3.82. The van der Waals surface area contributed by atoms with Crippen LogP contribution in [0.15, 0.2) is 89.9 Å². The summed E-state index contributed by atoms with van der Waals surface area (Å²) < 4.78 is 1.83. The van der Waals surface area contributed by atoms with Gasteiger partial charge in [0.1, 0.15) is 11.4 Å². The van der Waals surface area contributed by atoms with Crippen molar-refractivity contribution in [1.82, 2.24) is 15.0 Å². The van der Waals surface area contributed by atoms with Gasteiger partial charge in [-0.3, -0.25) is 0 Å². The molecule has 24 heavy (non-hydrogen) atoms. The Bertz CT molecular complexity index is 972. The first-order valence-corrected chi connectivity index (χ1v) is 7.87. The molecule has 0 aliphatic carbocycles. The molecule has 0 atom stereocenters. The lowest BCUT2D eigenvalue weighted by Gasteiger charge is -2.08. The number of fused-ring (bicyclic) bond motifs is 1. The topological polar surface area (TPSA) is 43.1 Å². The van der Waals surface area contributed by atoms with Crippen molar-refractivity contribution in [2.45, 2.75) is 6.42 Å². The van der Waals surface area contributed by atoms with Gasteiger partial charge in [-0.2, -0.15) is 4.68 Å². The van der Waals surface area contributed by atoms with Gasteiger partial charge in [0.25, 0.3) is 0 Å². The van der Waals surface area contributed by atoms with Crippen LogP contribution in [0.3, 0.4) is 0 Å². The second-order valence-electron chi connectivity index (χ2n) is 5.52. The molecule has 3 aromatic carbocycles. The zero-order valence-corrected chi connectivity index (χ0v) is 13.1. The van der Waals surface area contributed by atoms with Crippen LogP contribution in [0.1, 0.15) is 5.56 Å². The van der Waals surface area contributed by atoms with E-state index < -0.39 is 0 Å². The van der Waals surface area contributed by atoms with E-state index in [-0.39, 0.29) is 0 Å². The third kappa shape index (κ3) is 2.94. The Morgan fingerprint density at radius 2 is 1.46 bits per heavy atom. The normalized spacial score (nSPS) is 11.8. The zero-order valence-electron chi connectivity index (χ0n) is 13.1. The van der Waals surface area contributed by atoms with Crippen molar-refractivity contribution in [3.8, 4) is 0 Å². The number of aliphatic imine (C=N–C) groups is 1. The second-order valence-corrected chi connectivity index (χ2v) is 5.52. The van der Waals surface area contributed by atoms with Gasteiger partial charge in [-0.05, 0) is 29.8 Å². The van der Waals surface area contributed by atoms with Crippen LogP contribution in [-0.2, 0) is 6.42 Å². The number of benzene rings is 3. The fraction of sp³-hybridized carbons (Fsp3) is 0.0500. The minimum Gasteiger partial charge on any atom is -0.233 e. The lowest BCUT2D eigenvalue weighted by Crippen LogP contribution is -2.16. The highest BCUT2D eigenvalue weighted by Gasteiger charge is 2.11. The Morgan fingerprint density at radius 1 is 0.792 bits per heavy atom. The van der Waals surface area contributed by atoms with Crippen molar-refractivity contribution >= 4 is 22.6 Å². The first-order chi connectivity index (χ1) is 11.9. The maximum absolute atomic E-state index is 4.82. The van der Waals surface area contributed by atoms with Crippen LogP contribution in [0.4, 0.5) is 5.69 Å². The minimum atomic E-state index is 0.684. The van der Waals surface area contributed by atoms with Crippen molar-refractivity contribution in [1.29, 1.82) is 0 Å². The molecule has 0 bridgehead atoms. The van der Waals surface area contributed by atoms with E-state index in [1.807, 2.05) is 77.5 Å². The van der Waals surface area contributed by atoms with E-state index in [1.54, 1.807) is 0 Å². The summed E-state index contributed by atoms with van der Waals surface area (Å²) >= 11 is 0. The Hall–Kier alpha value is -3.27.